The Bertz CT molecular complexity index is 356. The molecule has 0 N–H and O–H groups in total. The van der Waals surface area contributed by atoms with E-state index < -0.39 is 24.1 Å². The monoisotopic (exact) mass is 290 g/mol. The Morgan fingerprint density at radius 1 is 1.00 bits per heavy atom. The second kappa shape index (κ2) is 7.37. The maximum atomic E-state index is 11.1. The van der Waals surface area contributed by atoms with E-state index in [2.05, 4.69) is 0 Å². The second-order valence-corrected chi connectivity index (χ2v) is 5.62. The van der Waals surface area contributed by atoms with Gasteiger partial charge in [-0.1, -0.05) is 0 Å². The highest BCUT2D eigenvalue weighted by Gasteiger charge is 2.35. The van der Waals surface area contributed by atoms with Gasteiger partial charge >= 0.3 is 17.9 Å². The molecule has 0 radical (unpaired) electrons. The van der Waals surface area contributed by atoms with Crippen molar-refractivity contribution in [3.63, 3.8) is 0 Å². The van der Waals surface area contributed by atoms with E-state index in [9.17, 15) is 14.4 Å². The number of ether oxygens (including phenoxy) is 3. The lowest BCUT2D eigenvalue weighted by atomic mass is 10.1. The van der Waals surface area contributed by atoms with E-state index in [1.165, 1.54) is 20.8 Å². The number of carbonyl (C=O) groups excluding carboxylic acids is 3. The minimum absolute atomic E-state index is 0.0417. The maximum Gasteiger partial charge on any atom is 0.303 e. The van der Waals surface area contributed by atoms with Gasteiger partial charge in [-0.3, -0.25) is 14.4 Å². The summed E-state index contributed by atoms with van der Waals surface area (Å²) in [6.07, 6.45) is -0.432. The van der Waals surface area contributed by atoms with Crippen LogP contribution in [0.15, 0.2) is 0 Å². The average Bonchev–Trinajstić information content (AvgIpc) is 2.28. The highest BCUT2D eigenvalue weighted by atomic mass is 32.2. The van der Waals surface area contributed by atoms with Crippen LogP contribution in [0.25, 0.3) is 0 Å². The lowest BCUT2D eigenvalue weighted by molar-refractivity contribution is -0.164. The van der Waals surface area contributed by atoms with Gasteiger partial charge in [-0.2, -0.15) is 11.8 Å². The van der Waals surface area contributed by atoms with E-state index in [1.54, 1.807) is 11.8 Å². The summed E-state index contributed by atoms with van der Waals surface area (Å²) >= 11 is 1.54. The van der Waals surface area contributed by atoms with Crippen LogP contribution in [0.4, 0.5) is 0 Å². The molecule has 0 spiro atoms. The molecule has 0 aromatic rings. The molecule has 0 amide bonds. The van der Waals surface area contributed by atoms with Gasteiger partial charge in [-0.05, 0) is 0 Å². The summed E-state index contributed by atoms with van der Waals surface area (Å²) in [6.45, 7) is 4.25. The molecule has 1 heterocycles. The van der Waals surface area contributed by atoms with Crippen LogP contribution in [-0.2, 0) is 28.6 Å². The Morgan fingerprint density at radius 3 is 2.11 bits per heavy atom. The topological polar surface area (TPSA) is 78.9 Å². The maximum absolute atomic E-state index is 11.1. The molecule has 0 aromatic heterocycles. The molecule has 0 aliphatic carbocycles. The highest BCUT2D eigenvalue weighted by molar-refractivity contribution is 8.00. The van der Waals surface area contributed by atoms with Crippen LogP contribution in [0.1, 0.15) is 27.2 Å². The average molecular weight is 290 g/mol. The van der Waals surface area contributed by atoms with Gasteiger partial charge in [0.05, 0.1) is 0 Å². The molecule has 0 aromatic carbocycles. The first-order chi connectivity index (χ1) is 8.88. The predicted molar refractivity (Wildman–Crippen MR) is 68.6 cm³/mol. The normalized spacial score (nSPS) is 26.4. The molecule has 1 saturated heterocycles. The fourth-order valence-electron chi connectivity index (χ4n) is 1.80. The van der Waals surface area contributed by atoms with Crippen LogP contribution in [0.5, 0.6) is 0 Å². The Hall–Kier alpha value is -1.24. The van der Waals surface area contributed by atoms with Crippen LogP contribution in [-0.4, -0.2) is 47.7 Å². The van der Waals surface area contributed by atoms with Crippen molar-refractivity contribution >= 4 is 29.7 Å². The van der Waals surface area contributed by atoms with E-state index in [1.807, 2.05) is 0 Å². The van der Waals surface area contributed by atoms with Crippen LogP contribution >= 0.6 is 11.8 Å². The molecule has 3 atom stereocenters. The molecule has 1 aliphatic rings. The van der Waals surface area contributed by atoms with Crippen molar-refractivity contribution in [2.24, 2.45) is 0 Å². The van der Waals surface area contributed by atoms with E-state index in [0.717, 1.165) is 0 Å². The van der Waals surface area contributed by atoms with Crippen LogP contribution < -0.4 is 0 Å². The first-order valence-corrected chi connectivity index (χ1v) is 7.02. The molecule has 1 rings (SSSR count). The van der Waals surface area contributed by atoms with Crippen molar-refractivity contribution in [3.05, 3.63) is 0 Å². The number of thioether (sulfide) groups is 1. The molecule has 1 fully saturated rings. The molecule has 6 nitrogen and oxygen atoms in total. The van der Waals surface area contributed by atoms with Gasteiger partial charge < -0.3 is 14.2 Å². The van der Waals surface area contributed by atoms with Crippen molar-refractivity contribution in [1.82, 2.24) is 0 Å². The largest absolute Gasteiger partial charge is 0.465 e. The fraction of sp³-hybridized carbons (Fsp3) is 0.750. The summed E-state index contributed by atoms with van der Waals surface area (Å²) in [5.74, 6) is -0.642. The first-order valence-electron chi connectivity index (χ1n) is 5.98. The first kappa shape index (κ1) is 15.8. The zero-order valence-corrected chi connectivity index (χ0v) is 12.0. The summed E-state index contributed by atoms with van der Waals surface area (Å²) < 4.78 is 15.2. The summed E-state index contributed by atoms with van der Waals surface area (Å²) in [5, 5.41) is 0.0417. The molecular formula is C12H18O6S. The van der Waals surface area contributed by atoms with Gasteiger partial charge in [0.25, 0.3) is 0 Å². The fourth-order valence-corrected chi connectivity index (χ4v) is 3.04. The van der Waals surface area contributed by atoms with Gasteiger partial charge in [0.15, 0.2) is 0 Å². The minimum Gasteiger partial charge on any atom is -0.465 e. The van der Waals surface area contributed by atoms with Crippen molar-refractivity contribution < 1.29 is 28.6 Å². The second-order valence-electron chi connectivity index (χ2n) is 4.29. The van der Waals surface area contributed by atoms with Gasteiger partial charge in [0.1, 0.15) is 18.8 Å². The number of carbonyl (C=O) groups is 3. The molecule has 108 valence electrons. The lowest BCUT2D eigenvalue weighted by Crippen LogP contribution is -2.43. The Labute approximate surface area is 116 Å². The molecule has 1 aliphatic heterocycles. The number of hydrogen-bond donors (Lipinski definition) is 0. The lowest BCUT2D eigenvalue weighted by Gasteiger charge is -2.34. The third-order valence-corrected chi connectivity index (χ3v) is 3.83. The smallest absolute Gasteiger partial charge is 0.303 e. The van der Waals surface area contributed by atoms with Crippen molar-refractivity contribution in [2.75, 3.05) is 12.4 Å². The van der Waals surface area contributed by atoms with Crippen LogP contribution in [0.3, 0.4) is 0 Å². The molecule has 7 heteroatoms. The van der Waals surface area contributed by atoms with E-state index >= 15 is 0 Å². The van der Waals surface area contributed by atoms with Gasteiger partial charge in [-0.15, -0.1) is 0 Å². The minimum atomic E-state index is -0.483. The zero-order valence-electron chi connectivity index (χ0n) is 11.2. The predicted octanol–water partition coefficient (Wildman–Crippen LogP) is 0.918. The highest BCUT2D eigenvalue weighted by Crippen LogP contribution is 2.30. The third kappa shape index (κ3) is 5.96. The van der Waals surface area contributed by atoms with E-state index in [-0.39, 0.29) is 17.8 Å². The van der Waals surface area contributed by atoms with Crippen molar-refractivity contribution in [2.45, 2.75) is 44.6 Å². The quantitative estimate of drug-likeness (QED) is 0.562. The van der Waals surface area contributed by atoms with Gasteiger partial charge in [-0.25, -0.2) is 0 Å². The zero-order chi connectivity index (χ0) is 14.4. The Kier molecular flexibility index (Phi) is 6.14. The summed E-state index contributed by atoms with van der Waals surface area (Å²) in [5.41, 5.74) is 0. The van der Waals surface area contributed by atoms with Crippen LogP contribution in [0.2, 0.25) is 0 Å². The number of hydrogen-bond acceptors (Lipinski definition) is 7. The number of esters is 3. The van der Waals surface area contributed by atoms with E-state index in [4.69, 9.17) is 14.2 Å². The Balaban J connectivity index is 2.56. The molecule has 0 unspecified atom stereocenters. The summed E-state index contributed by atoms with van der Waals surface area (Å²) in [4.78, 5) is 32.8. The molecule has 0 bridgehead atoms. The molecule has 19 heavy (non-hydrogen) atoms. The van der Waals surface area contributed by atoms with E-state index in [0.29, 0.717) is 12.2 Å². The van der Waals surface area contributed by atoms with Crippen molar-refractivity contribution in [1.29, 1.82) is 0 Å². The van der Waals surface area contributed by atoms with Gasteiger partial charge in [0.2, 0.25) is 0 Å². The summed E-state index contributed by atoms with van der Waals surface area (Å²) in [6, 6.07) is 0. The molecular weight excluding hydrogens is 272 g/mol. The third-order valence-electron chi connectivity index (χ3n) is 2.51. The number of rotatable bonds is 4. The molecule has 0 saturated carbocycles. The SMILES string of the molecule is CC(=O)OC[C@H]1C[C@@H](OC(C)=O)[C@@H](OC(C)=O)CS1. The van der Waals surface area contributed by atoms with Crippen molar-refractivity contribution in [3.8, 4) is 0 Å². The summed E-state index contributed by atoms with van der Waals surface area (Å²) in [7, 11) is 0. The van der Waals surface area contributed by atoms with Gasteiger partial charge in [0, 0.05) is 38.2 Å². The standard InChI is InChI=1S/C12H18O6S/c1-7(13)16-5-10-4-11(17-8(2)14)12(6-19-10)18-9(3)15/h10-12H,4-6H2,1-3H3/t10-,11-,12+/m1/s1. The van der Waals surface area contributed by atoms with Crippen LogP contribution in [0, 0.1) is 0 Å². The Morgan fingerprint density at radius 2 is 1.58 bits per heavy atom.